The van der Waals surface area contributed by atoms with Gasteiger partial charge in [-0.2, -0.15) is 9.61 Å². The van der Waals surface area contributed by atoms with Crippen molar-refractivity contribution in [1.29, 1.82) is 0 Å². The molecule has 114 valence electrons. The van der Waals surface area contributed by atoms with Crippen LogP contribution in [0.4, 0.5) is 5.82 Å². The first kappa shape index (κ1) is 13.3. The Hall–Kier alpha value is -2.41. The van der Waals surface area contributed by atoms with E-state index < -0.39 is 0 Å². The van der Waals surface area contributed by atoms with Gasteiger partial charge in [-0.1, -0.05) is 0 Å². The highest BCUT2D eigenvalue weighted by Gasteiger charge is 2.16. The minimum atomic E-state index is 0.279. The molecule has 0 amide bonds. The van der Waals surface area contributed by atoms with Crippen LogP contribution in [-0.2, 0) is 4.74 Å². The molecule has 1 N–H and O–H groups in total. The van der Waals surface area contributed by atoms with Gasteiger partial charge < -0.3 is 10.1 Å². The average molecular weight is 298 g/mol. The van der Waals surface area contributed by atoms with Crippen molar-refractivity contribution in [1.82, 2.24) is 24.1 Å². The van der Waals surface area contributed by atoms with Crippen molar-refractivity contribution in [3.8, 4) is 5.82 Å². The van der Waals surface area contributed by atoms with Gasteiger partial charge in [0.2, 0.25) is 0 Å². The van der Waals surface area contributed by atoms with Gasteiger partial charge in [-0.25, -0.2) is 9.97 Å². The van der Waals surface area contributed by atoms with Gasteiger partial charge in [0.25, 0.3) is 0 Å². The van der Waals surface area contributed by atoms with Crippen molar-refractivity contribution < 1.29 is 4.74 Å². The van der Waals surface area contributed by atoms with Crippen LogP contribution in [0.1, 0.15) is 18.7 Å². The summed E-state index contributed by atoms with van der Waals surface area (Å²) in [6, 6.07) is 3.89. The second kappa shape index (κ2) is 5.42. The molecule has 7 heteroatoms. The predicted molar refractivity (Wildman–Crippen MR) is 82.3 cm³/mol. The smallest absolute Gasteiger partial charge is 0.159 e. The third-order valence-electron chi connectivity index (χ3n) is 3.95. The summed E-state index contributed by atoms with van der Waals surface area (Å²) < 4.78 is 9.46. The summed E-state index contributed by atoms with van der Waals surface area (Å²) in [5.74, 6) is 2.65. The van der Waals surface area contributed by atoms with Crippen molar-refractivity contribution in [2.45, 2.75) is 25.9 Å². The summed E-state index contributed by atoms with van der Waals surface area (Å²) in [5, 5.41) is 7.73. The highest BCUT2D eigenvalue weighted by Crippen LogP contribution is 2.18. The van der Waals surface area contributed by atoms with Gasteiger partial charge in [-0.15, -0.1) is 0 Å². The van der Waals surface area contributed by atoms with E-state index >= 15 is 0 Å². The predicted octanol–water partition coefficient (Wildman–Crippen LogP) is 1.81. The second-order valence-corrected chi connectivity index (χ2v) is 5.46. The third kappa shape index (κ3) is 2.33. The van der Waals surface area contributed by atoms with Crippen LogP contribution in [0.5, 0.6) is 0 Å². The maximum atomic E-state index is 5.65. The molecule has 0 aliphatic carbocycles. The summed E-state index contributed by atoms with van der Waals surface area (Å²) >= 11 is 0. The number of imidazole rings is 1. The number of fused-ring (bicyclic) bond motifs is 1. The first-order valence-electron chi connectivity index (χ1n) is 7.52. The summed E-state index contributed by atoms with van der Waals surface area (Å²) in [6.45, 7) is 3.61. The number of aromatic nitrogens is 5. The van der Waals surface area contributed by atoms with Crippen LogP contribution in [0.25, 0.3) is 11.5 Å². The van der Waals surface area contributed by atoms with Gasteiger partial charge in [0.05, 0.1) is 12.3 Å². The monoisotopic (exact) mass is 298 g/mol. The number of hydrogen-bond acceptors (Lipinski definition) is 5. The van der Waals surface area contributed by atoms with Crippen molar-refractivity contribution >= 4 is 11.5 Å². The van der Waals surface area contributed by atoms with E-state index in [1.54, 1.807) is 12.4 Å². The van der Waals surface area contributed by atoms with E-state index in [9.17, 15) is 0 Å². The lowest BCUT2D eigenvalue weighted by molar-refractivity contribution is 0.120. The van der Waals surface area contributed by atoms with E-state index in [1.807, 2.05) is 34.3 Å². The molecule has 4 heterocycles. The molecule has 0 spiro atoms. The molecule has 0 aromatic carbocycles. The fraction of sp³-hybridized carbons (Fsp3) is 0.400. The van der Waals surface area contributed by atoms with Crippen LogP contribution in [0.2, 0.25) is 0 Å². The highest BCUT2D eigenvalue weighted by atomic mass is 16.5. The minimum Gasteiger partial charge on any atom is -0.376 e. The maximum Gasteiger partial charge on any atom is 0.159 e. The molecule has 3 aromatic heterocycles. The fourth-order valence-corrected chi connectivity index (χ4v) is 2.80. The van der Waals surface area contributed by atoms with Gasteiger partial charge in [-0.05, 0) is 19.8 Å². The highest BCUT2D eigenvalue weighted by molar-refractivity contribution is 5.52. The largest absolute Gasteiger partial charge is 0.376 e. The molecule has 4 rings (SSSR count). The Morgan fingerprint density at radius 2 is 2.36 bits per heavy atom. The van der Waals surface area contributed by atoms with E-state index in [0.717, 1.165) is 49.1 Å². The lowest BCUT2D eigenvalue weighted by Gasteiger charge is -2.14. The molecule has 1 fully saturated rings. The number of hydrogen-bond donors (Lipinski definition) is 1. The SMILES string of the molecule is Cc1nccn1-c1cc(NC[C@H]2CCCO2)nc2ccnn12. The summed E-state index contributed by atoms with van der Waals surface area (Å²) in [5.41, 5.74) is 0.806. The molecule has 1 aliphatic heterocycles. The molecule has 22 heavy (non-hydrogen) atoms. The molecule has 0 bridgehead atoms. The van der Waals surface area contributed by atoms with Gasteiger partial charge in [0, 0.05) is 37.7 Å². The van der Waals surface area contributed by atoms with Gasteiger partial charge >= 0.3 is 0 Å². The Labute approximate surface area is 128 Å². The number of anilines is 1. The quantitative estimate of drug-likeness (QED) is 0.795. The Morgan fingerprint density at radius 3 is 3.14 bits per heavy atom. The van der Waals surface area contributed by atoms with Crippen LogP contribution < -0.4 is 5.32 Å². The fourth-order valence-electron chi connectivity index (χ4n) is 2.80. The molecule has 1 saturated heterocycles. The lowest BCUT2D eigenvalue weighted by atomic mass is 10.2. The molecule has 0 saturated carbocycles. The molecule has 3 aromatic rings. The number of nitrogens with one attached hydrogen (secondary N) is 1. The van der Waals surface area contributed by atoms with Crippen molar-refractivity contribution in [2.24, 2.45) is 0 Å². The zero-order chi connectivity index (χ0) is 14.9. The second-order valence-electron chi connectivity index (χ2n) is 5.46. The van der Waals surface area contributed by atoms with Crippen LogP contribution in [0, 0.1) is 6.92 Å². The number of nitrogens with zero attached hydrogens (tertiary/aromatic N) is 5. The van der Waals surface area contributed by atoms with Gasteiger partial charge in [0.1, 0.15) is 17.5 Å². The first-order chi connectivity index (χ1) is 10.8. The third-order valence-corrected chi connectivity index (χ3v) is 3.95. The Balaban J connectivity index is 1.69. The summed E-state index contributed by atoms with van der Waals surface area (Å²) in [6.07, 6.45) is 7.99. The van der Waals surface area contributed by atoms with Gasteiger partial charge in [0.15, 0.2) is 5.65 Å². The van der Waals surface area contributed by atoms with E-state index in [1.165, 1.54) is 0 Å². The normalized spacial score (nSPS) is 18.1. The first-order valence-corrected chi connectivity index (χ1v) is 7.52. The topological polar surface area (TPSA) is 69.3 Å². The average Bonchev–Trinajstić information content (AvgIpc) is 3.25. The molecule has 0 unspecified atom stereocenters. The summed E-state index contributed by atoms with van der Waals surface area (Å²) in [4.78, 5) is 8.88. The molecule has 1 atom stereocenters. The zero-order valence-corrected chi connectivity index (χ0v) is 12.4. The van der Waals surface area contributed by atoms with Gasteiger partial charge in [-0.3, -0.25) is 4.57 Å². The zero-order valence-electron chi connectivity index (χ0n) is 12.4. The Kier molecular flexibility index (Phi) is 3.27. The van der Waals surface area contributed by atoms with Crippen LogP contribution in [0.3, 0.4) is 0 Å². The van der Waals surface area contributed by atoms with E-state index in [0.29, 0.717) is 0 Å². The molecular formula is C15H18N6O. The van der Waals surface area contributed by atoms with Crippen LogP contribution in [-0.4, -0.2) is 43.4 Å². The molecule has 7 nitrogen and oxygen atoms in total. The van der Waals surface area contributed by atoms with Crippen molar-refractivity contribution in [3.05, 3.63) is 36.5 Å². The number of rotatable bonds is 4. The summed E-state index contributed by atoms with van der Waals surface area (Å²) in [7, 11) is 0. The maximum absolute atomic E-state index is 5.65. The molecule has 0 radical (unpaired) electrons. The Morgan fingerprint density at radius 1 is 1.41 bits per heavy atom. The minimum absolute atomic E-state index is 0.279. The molecule has 1 aliphatic rings. The van der Waals surface area contributed by atoms with Crippen LogP contribution >= 0.6 is 0 Å². The standard InChI is InChI=1S/C15H18N6O/c1-11-16-6-7-20(11)15-9-13(17-10-12-3-2-8-22-12)19-14-4-5-18-21(14)15/h4-7,9,12H,2-3,8,10H2,1H3,(H,17,19)/t12-/m1/s1. The Bertz CT molecular complexity index is 786. The lowest BCUT2D eigenvalue weighted by Crippen LogP contribution is -2.19. The van der Waals surface area contributed by atoms with Crippen molar-refractivity contribution in [3.63, 3.8) is 0 Å². The van der Waals surface area contributed by atoms with E-state index in [-0.39, 0.29) is 6.10 Å². The van der Waals surface area contributed by atoms with Crippen molar-refractivity contribution in [2.75, 3.05) is 18.5 Å². The molecular weight excluding hydrogens is 280 g/mol. The number of ether oxygens (including phenoxy) is 1. The number of aryl methyl sites for hydroxylation is 1. The van der Waals surface area contributed by atoms with E-state index in [4.69, 9.17) is 4.74 Å². The van der Waals surface area contributed by atoms with Crippen LogP contribution in [0.15, 0.2) is 30.7 Å². The van der Waals surface area contributed by atoms with E-state index in [2.05, 4.69) is 20.4 Å².